The van der Waals surface area contributed by atoms with Gasteiger partial charge in [0.25, 0.3) is 0 Å². The van der Waals surface area contributed by atoms with Crippen LogP contribution in [0, 0.1) is 0 Å². The van der Waals surface area contributed by atoms with Gasteiger partial charge in [0.15, 0.2) is 5.82 Å². The van der Waals surface area contributed by atoms with Gasteiger partial charge >= 0.3 is 0 Å². The third kappa shape index (κ3) is 2.69. The Kier molecular flexibility index (Phi) is 3.62. The fourth-order valence-corrected chi connectivity index (χ4v) is 3.02. The molecule has 1 amide bonds. The number of carbonyl (C=O) groups excluding carboxylic acids is 1. The third-order valence-electron chi connectivity index (χ3n) is 4.43. The second kappa shape index (κ2) is 5.80. The summed E-state index contributed by atoms with van der Waals surface area (Å²) in [6.45, 7) is 0. The highest BCUT2D eigenvalue weighted by molar-refractivity contribution is 6.30. The Bertz CT molecular complexity index is 867. The van der Waals surface area contributed by atoms with Crippen molar-refractivity contribution in [3.8, 4) is 5.69 Å². The molecule has 24 heavy (non-hydrogen) atoms. The molecular weight excluding hydrogens is 322 g/mol. The summed E-state index contributed by atoms with van der Waals surface area (Å²) in [4.78, 5) is 12.7. The molecule has 1 N–H and O–H groups in total. The molecule has 0 bridgehead atoms. The molecule has 1 aliphatic rings. The van der Waals surface area contributed by atoms with E-state index in [0.717, 1.165) is 24.1 Å². The summed E-state index contributed by atoms with van der Waals surface area (Å²) in [6, 6.07) is 19.1. The largest absolute Gasteiger partial charge is 0.308 e. The molecule has 0 radical (unpaired) electrons. The lowest BCUT2D eigenvalue weighted by Gasteiger charge is -2.14. The van der Waals surface area contributed by atoms with E-state index in [1.165, 1.54) is 0 Å². The Hall–Kier alpha value is -2.59. The van der Waals surface area contributed by atoms with Crippen LogP contribution in [0.3, 0.4) is 0 Å². The van der Waals surface area contributed by atoms with Crippen LogP contribution >= 0.6 is 11.6 Å². The number of benzene rings is 2. The van der Waals surface area contributed by atoms with Gasteiger partial charge in [-0.1, -0.05) is 41.9 Å². The van der Waals surface area contributed by atoms with E-state index in [9.17, 15) is 4.79 Å². The molecule has 3 aromatic rings. The summed E-state index contributed by atoms with van der Waals surface area (Å²) in [5, 5.41) is 8.05. The monoisotopic (exact) mass is 337 g/mol. The van der Waals surface area contributed by atoms with Gasteiger partial charge in [0.1, 0.15) is 0 Å². The van der Waals surface area contributed by atoms with Gasteiger partial charge in [-0.2, -0.15) is 5.10 Å². The Balaban J connectivity index is 1.53. The third-order valence-corrected chi connectivity index (χ3v) is 4.68. The molecule has 120 valence electrons. The van der Waals surface area contributed by atoms with E-state index in [-0.39, 0.29) is 5.91 Å². The molecule has 2 aromatic carbocycles. The van der Waals surface area contributed by atoms with E-state index in [1.54, 1.807) is 4.68 Å². The highest BCUT2D eigenvalue weighted by Gasteiger charge is 2.51. The molecule has 1 saturated carbocycles. The number of nitrogens with one attached hydrogen (secondary N) is 1. The van der Waals surface area contributed by atoms with Crippen molar-refractivity contribution in [3.05, 3.63) is 77.4 Å². The van der Waals surface area contributed by atoms with Gasteiger partial charge in [0.2, 0.25) is 5.91 Å². The van der Waals surface area contributed by atoms with Crippen LogP contribution in [0.1, 0.15) is 18.4 Å². The number of para-hydroxylation sites is 1. The number of rotatable bonds is 4. The van der Waals surface area contributed by atoms with E-state index in [1.807, 2.05) is 66.9 Å². The van der Waals surface area contributed by atoms with Crippen LogP contribution in [0.5, 0.6) is 0 Å². The first-order chi connectivity index (χ1) is 11.7. The van der Waals surface area contributed by atoms with Crippen molar-refractivity contribution >= 4 is 23.3 Å². The van der Waals surface area contributed by atoms with Gasteiger partial charge < -0.3 is 5.32 Å². The van der Waals surface area contributed by atoms with Crippen molar-refractivity contribution < 1.29 is 4.79 Å². The summed E-state index contributed by atoms with van der Waals surface area (Å²) < 4.78 is 1.75. The van der Waals surface area contributed by atoms with Crippen LogP contribution in [0.15, 0.2) is 66.9 Å². The number of nitrogens with zero attached hydrogens (tertiary/aromatic N) is 2. The number of aromatic nitrogens is 2. The van der Waals surface area contributed by atoms with Crippen LogP contribution < -0.4 is 5.32 Å². The van der Waals surface area contributed by atoms with Gasteiger partial charge in [-0.25, -0.2) is 4.68 Å². The molecule has 0 atom stereocenters. The number of hydrogen-bond donors (Lipinski definition) is 1. The van der Waals surface area contributed by atoms with Gasteiger partial charge in [0, 0.05) is 17.3 Å². The average molecular weight is 338 g/mol. The van der Waals surface area contributed by atoms with Gasteiger partial charge in [-0.15, -0.1) is 0 Å². The zero-order valence-corrected chi connectivity index (χ0v) is 13.7. The molecule has 5 heteroatoms. The molecule has 1 aliphatic carbocycles. The van der Waals surface area contributed by atoms with E-state index in [4.69, 9.17) is 11.6 Å². The molecule has 0 aliphatic heterocycles. The summed E-state index contributed by atoms with van der Waals surface area (Å²) in [5.41, 5.74) is 1.52. The average Bonchev–Trinajstić information content (AvgIpc) is 3.30. The van der Waals surface area contributed by atoms with Crippen molar-refractivity contribution in [1.29, 1.82) is 0 Å². The molecule has 1 aromatic heterocycles. The van der Waals surface area contributed by atoms with Crippen LogP contribution in [0.2, 0.25) is 5.02 Å². The molecule has 0 unspecified atom stereocenters. The number of halogens is 1. The minimum atomic E-state index is -0.443. The highest BCUT2D eigenvalue weighted by atomic mass is 35.5. The zero-order valence-electron chi connectivity index (χ0n) is 12.9. The Morgan fingerprint density at radius 3 is 2.42 bits per heavy atom. The smallest absolute Gasteiger partial charge is 0.236 e. The fourth-order valence-electron chi connectivity index (χ4n) is 2.89. The minimum absolute atomic E-state index is 0.0110. The molecule has 0 spiro atoms. The van der Waals surface area contributed by atoms with Crippen LogP contribution in [0.25, 0.3) is 5.69 Å². The normalized spacial score (nSPS) is 15.0. The van der Waals surface area contributed by atoms with Crippen molar-refractivity contribution in [2.45, 2.75) is 18.3 Å². The lowest BCUT2D eigenvalue weighted by atomic mass is 9.95. The summed E-state index contributed by atoms with van der Waals surface area (Å²) in [5.74, 6) is 0.548. The van der Waals surface area contributed by atoms with E-state index in [2.05, 4.69) is 10.4 Å². The zero-order chi connectivity index (χ0) is 16.6. The number of hydrogen-bond acceptors (Lipinski definition) is 2. The molecule has 1 fully saturated rings. The van der Waals surface area contributed by atoms with E-state index < -0.39 is 5.41 Å². The first-order valence-electron chi connectivity index (χ1n) is 7.86. The predicted molar refractivity (Wildman–Crippen MR) is 94.6 cm³/mol. The Labute approximate surface area is 145 Å². The maximum atomic E-state index is 12.7. The van der Waals surface area contributed by atoms with Crippen molar-refractivity contribution in [1.82, 2.24) is 9.78 Å². The quantitative estimate of drug-likeness (QED) is 0.775. The number of carbonyl (C=O) groups is 1. The van der Waals surface area contributed by atoms with Gasteiger partial charge in [-0.05, 0) is 42.7 Å². The standard InChI is InChI=1S/C19H16ClN3O/c20-15-8-6-14(7-9-15)19(11-12-19)18(24)21-17-10-13-23(22-17)16-4-2-1-3-5-16/h1-10,13H,11-12H2,(H,21,22,24). The fraction of sp³-hybridized carbons (Fsp3) is 0.158. The Morgan fingerprint density at radius 2 is 1.75 bits per heavy atom. The summed E-state index contributed by atoms with van der Waals surface area (Å²) in [7, 11) is 0. The highest BCUT2D eigenvalue weighted by Crippen LogP contribution is 2.49. The first kappa shape index (κ1) is 15.0. The van der Waals surface area contributed by atoms with Crippen molar-refractivity contribution in [3.63, 3.8) is 0 Å². The second-order valence-corrected chi connectivity index (χ2v) is 6.46. The maximum Gasteiger partial charge on any atom is 0.236 e. The van der Waals surface area contributed by atoms with Crippen molar-refractivity contribution in [2.24, 2.45) is 0 Å². The van der Waals surface area contributed by atoms with Crippen LogP contribution in [-0.2, 0) is 10.2 Å². The van der Waals surface area contributed by atoms with Crippen LogP contribution in [0.4, 0.5) is 5.82 Å². The lowest BCUT2D eigenvalue weighted by molar-refractivity contribution is -0.118. The molecule has 1 heterocycles. The van der Waals surface area contributed by atoms with Crippen LogP contribution in [-0.4, -0.2) is 15.7 Å². The van der Waals surface area contributed by atoms with Gasteiger partial charge in [-0.3, -0.25) is 4.79 Å². The van der Waals surface area contributed by atoms with Gasteiger partial charge in [0.05, 0.1) is 11.1 Å². The lowest BCUT2D eigenvalue weighted by Crippen LogP contribution is -2.28. The maximum absolute atomic E-state index is 12.7. The summed E-state index contributed by atoms with van der Waals surface area (Å²) in [6.07, 6.45) is 3.53. The molecular formula is C19H16ClN3O. The number of anilines is 1. The molecule has 4 rings (SSSR count). The molecule has 4 nitrogen and oxygen atoms in total. The first-order valence-corrected chi connectivity index (χ1v) is 8.24. The Morgan fingerprint density at radius 1 is 1.04 bits per heavy atom. The molecule has 0 saturated heterocycles. The second-order valence-electron chi connectivity index (χ2n) is 6.02. The minimum Gasteiger partial charge on any atom is -0.308 e. The summed E-state index contributed by atoms with van der Waals surface area (Å²) >= 11 is 5.94. The predicted octanol–water partition coefficient (Wildman–Crippen LogP) is 4.20. The van der Waals surface area contributed by atoms with E-state index >= 15 is 0 Å². The van der Waals surface area contributed by atoms with Crippen molar-refractivity contribution in [2.75, 3.05) is 5.32 Å². The topological polar surface area (TPSA) is 46.9 Å². The SMILES string of the molecule is O=C(Nc1ccn(-c2ccccc2)n1)C1(c2ccc(Cl)cc2)CC1. The number of amides is 1. The van der Waals surface area contributed by atoms with E-state index in [0.29, 0.717) is 10.8 Å².